The number of nitrogens with zero attached hydrogens (tertiary/aromatic N) is 4. The molecule has 4 N–H and O–H groups in total. The van der Waals surface area contributed by atoms with Gasteiger partial charge in [0.05, 0.1) is 6.54 Å². The number of urea groups is 1. The van der Waals surface area contributed by atoms with Crippen LogP contribution >= 0.6 is 0 Å². The molecule has 2 aromatic rings. The van der Waals surface area contributed by atoms with Crippen molar-refractivity contribution in [1.29, 1.82) is 0 Å². The van der Waals surface area contributed by atoms with Gasteiger partial charge in [-0.05, 0) is 12.8 Å². The Labute approximate surface area is 138 Å². The molecule has 1 saturated heterocycles. The molecular formula is C12H15F3N8O2. The molecular weight excluding hydrogens is 345 g/mol. The number of rotatable bonds is 3. The van der Waals surface area contributed by atoms with Crippen LogP contribution in [0.1, 0.15) is 36.2 Å². The molecule has 1 aliphatic rings. The number of H-pyrrole nitrogens is 3. The average Bonchev–Trinajstić information content (AvgIpc) is 3.21. The lowest BCUT2D eigenvalue weighted by atomic mass is 9.98. The van der Waals surface area contributed by atoms with E-state index >= 15 is 0 Å². The molecule has 2 aromatic heterocycles. The van der Waals surface area contributed by atoms with E-state index in [2.05, 4.69) is 35.7 Å². The third-order valence-electron chi connectivity index (χ3n) is 3.81. The van der Waals surface area contributed by atoms with Gasteiger partial charge in [0.25, 0.3) is 5.82 Å². The van der Waals surface area contributed by atoms with Crippen molar-refractivity contribution in [3.63, 3.8) is 0 Å². The number of likely N-dealkylation sites (tertiary alicyclic amines) is 1. The fourth-order valence-electron chi connectivity index (χ4n) is 2.63. The summed E-state index contributed by atoms with van der Waals surface area (Å²) in [6.07, 6.45) is -3.16. The van der Waals surface area contributed by atoms with E-state index in [0.717, 1.165) is 6.42 Å². The number of aromatic nitrogens is 6. The Hall–Kier alpha value is -2.86. The van der Waals surface area contributed by atoms with Gasteiger partial charge in [-0.2, -0.15) is 18.3 Å². The van der Waals surface area contributed by atoms with Crippen LogP contribution in [0.3, 0.4) is 0 Å². The zero-order chi connectivity index (χ0) is 18.0. The van der Waals surface area contributed by atoms with Crippen LogP contribution in [0.25, 0.3) is 0 Å². The zero-order valence-corrected chi connectivity index (χ0v) is 12.9. The molecule has 136 valence electrons. The van der Waals surface area contributed by atoms with E-state index in [1.165, 1.54) is 4.90 Å². The highest BCUT2D eigenvalue weighted by molar-refractivity contribution is 5.74. The fourth-order valence-corrected chi connectivity index (χ4v) is 2.63. The van der Waals surface area contributed by atoms with Crippen LogP contribution in [0.2, 0.25) is 0 Å². The van der Waals surface area contributed by atoms with Crippen molar-refractivity contribution in [1.82, 2.24) is 40.6 Å². The SMILES string of the molecule is O=C(NCc1nc(C(F)(F)F)n[nH]1)N1CCCC(c2n[nH]c(=O)[nH]2)C1. The second-order valence-corrected chi connectivity index (χ2v) is 5.61. The molecule has 13 heteroatoms. The first kappa shape index (κ1) is 17.0. The fraction of sp³-hybridized carbons (Fsp3) is 0.583. The predicted octanol–water partition coefficient (Wildman–Crippen LogP) is 0.324. The standard InChI is InChI=1S/C12H15F3N8O2/c13-12(14,15)9-17-7(19-21-9)4-16-11(25)23-3-1-2-6(5-23)8-18-10(24)22-20-8/h6H,1-5H2,(H,16,25)(H,17,19,21)(H2,18,20,22,24). The van der Waals surface area contributed by atoms with Gasteiger partial charge in [0.15, 0.2) is 0 Å². The molecule has 0 saturated carbocycles. The van der Waals surface area contributed by atoms with Crippen molar-refractivity contribution in [2.75, 3.05) is 13.1 Å². The maximum absolute atomic E-state index is 12.4. The minimum absolute atomic E-state index is 0.0918. The van der Waals surface area contributed by atoms with Crippen molar-refractivity contribution in [3.05, 3.63) is 28.0 Å². The lowest BCUT2D eigenvalue weighted by molar-refractivity contribution is -0.144. The Bertz CT molecular complexity index is 795. The monoisotopic (exact) mass is 360 g/mol. The Morgan fingerprint density at radius 3 is 2.76 bits per heavy atom. The van der Waals surface area contributed by atoms with Crippen molar-refractivity contribution >= 4 is 6.03 Å². The molecule has 2 amide bonds. The highest BCUT2D eigenvalue weighted by Crippen LogP contribution is 2.25. The van der Waals surface area contributed by atoms with Crippen LogP contribution in [0.5, 0.6) is 0 Å². The quantitative estimate of drug-likeness (QED) is 0.625. The van der Waals surface area contributed by atoms with Gasteiger partial charge < -0.3 is 10.2 Å². The number of hydrogen-bond acceptors (Lipinski definition) is 5. The summed E-state index contributed by atoms with van der Waals surface area (Å²) in [5, 5.41) is 13.8. The normalized spacial score (nSPS) is 18.4. The molecule has 3 rings (SSSR count). The Morgan fingerprint density at radius 2 is 2.12 bits per heavy atom. The molecule has 25 heavy (non-hydrogen) atoms. The van der Waals surface area contributed by atoms with E-state index < -0.39 is 23.7 Å². The number of piperidine rings is 1. The summed E-state index contributed by atoms with van der Waals surface area (Å²) in [5.74, 6) is -1.00. The number of carbonyl (C=O) groups excluding carboxylic acids is 1. The van der Waals surface area contributed by atoms with Crippen molar-refractivity contribution in [3.8, 4) is 0 Å². The largest absolute Gasteiger partial charge is 0.453 e. The lowest BCUT2D eigenvalue weighted by Gasteiger charge is -2.31. The van der Waals surface area contributed by atoms with Crippen molar-refractivity contribution < 1.29 is 18.0 Å². The van der Waals surface area contributed by atoms with Crippen LogP contribution in [0.15, 0.2) is 4.79 Å². The first-order valence-electron chi connectivity index (χ1n) is 7.49. The zero-order valence-electron chi connectivity index (χ0n) is 12.9. The number of alkyl halides is 3. The Balaban J connectivity index is 1.56. The summed E-state index contributed by atoms with van der Waals surface area (Å²) in [6.45, 7) is 0.639. The van der Waals surface area contributed by atoms with E-state index in [0.29, 0.717) is 25.3 Å². The number of aromatic amines is 3. The molecule has 1 fully saturated rings. The first-order valence-corrected chi connectivity index (χ1v) is 7.49. The number of hydrogen-bond donors (Lipinski definition) is 4. The van der Waals surface area contributed by atoms with Gasteiger partial charge in [-0.1, -0.05) is 0 Å². The molecule has 3 heterocycles. The lowest BCUT2D eigenvalue weighted by Crippen LogP contribution is -2.45. The molecule has 1 unspecified atom stereocenters. The van der Waals surface area contributed by atoms with Gasteiger partial charge in [0.1, 0.15) is 11.6 Å². The third-order valence-corrected chi connectivity index (χ3v) is 3.81. The average molecular weight is 360 g/mol. The van der Waals surface area contributed by atoms with Crippen LogP contribution in [-0.4, -0.2) is 54.4 Å². The summed E-state index contributed by atoms with van der Waals surface area (Å²) in [7, 11) is 0. The maximum Gasteiger partial charge on any atom is 0.453 e. The summed E-state index contributed by atoms with van der Waals surface area (Å²) in [4.78, 5) is 30.7. The summed E-state index contributed by atoms with van der Waals surface area (Å²) < 4.78 is 37.3. The Kier molecular flexibility index (Phi) is 4.46. The molecule has 0 aromatic carbocycles. The summed E-state index contributed by atoms with van der Waals surface area (Å²) in [5.41, 5.74) is -0.414. The molecule has 0 bridgehead atoms. The number of carbonyl (C=O) groups is 1. The smallest absolute Gasteiger partial charge is 0.331 e. The van der Waals surface area contributed by atoms with E-state index in [9.17, 15) is 22.8 Å². The maximum atomic E-state index is 12.4. The second kappa shape index (κ2) is 6.57. The molecule has 1 atom stereocenters. The van der Waals surface area contributed by atoms with E-state index in [4.69, 9.17) is 0 Å². The highest BCUT2D eigenvalue weighted by Gasteiger charge is 2.36. The minimum atomic E-state index is -4.64. The minimum Gasteiger partial charge on any atom is -0.331 e. The van der Waals surface area contributed by atoms with Crippen LogP contribution in [-0.2, 0) is 12.7 Å². The number of halogens is 3. The van der Waals surface area contributed by atoms with Crippen LogP contribution in [0.4, 0.5) is 18.0 Å². The topological polar surface area (TPSA) is 135 Å². The van der Waals surface area contributed by atoms with Gasteiger partial charge in [0.2, 0.25) is 0 Å². The number of amides is 2. The summed E-state index contributed by atoms with van der Waals surface area (Å²) in [6, 6.07) is -0.437. The van der Waals surface area contributed by atoms with Gasteiger partial charge in [-0.15, -0.1) is 5.10 Å². The molecule has 0 spiro atoms. The van der Waals surface area contributed by atoms with E-state index in [1.807, 2.05) is 0 Å². The van der Waals surface area contributed by atoms with Crippen LogP contribution < -0.4 is 11.0 Å². The molecule has 0 aliphatic carbocycles. The van der Waals surface area contributed by atoms with Crippen LogP contribution in [0, 0.1) is 0 Å². The Morgan fingerprint density at radius 1 is 1.32 bits per heavy atom. The second-order valence-electron chi connectivity index (χ2n) is 5.61. The molecule has 1 aliphatic heterocycles. The molecule has 0 radical (unpaired) electrons. The van der Waals surface area contributed by atoms with E-state index in [1.54, 1.807) is 0 Å². The molecule has 10 nitrogen and oxygen atoms in total. The van der Waals surface area contributed by atoms with Gasteiger partial charge in [-0.3, -0.25) is 10.1 Å². The third kappa shape index (κ3) is 3.97. The van der Waals surface area contributed by atoms with Gasteiger partial charge >= 0.3 is 17.9 Å². The van der Waals surface area contributed by atoms with Gasteiger partial charge in [0, 0.05) is 19.0 Å². The van der Waals surface area contributed by atoms with Crippen molar-refractivity contribution in [2.24, 2.45) is 0 Å². The van der Waals surface area contributed by atoms with Gasteiger partial charge in [-0.25, -0.2) is 19.7 Å². The van der Waals surface area contributed by atoms with Crippen molar-refractivity contribution in [2.45, 2.75) is 31.5 Å². The highest BCUT2D eigenvalue weighted by atomic mass is 19.4. The van der Waals surface area contributed by atoms with E-state index in [-0.39, 0.29) is 18.3 Å². The number of nitrogens with one attached hydrogen (secondary N) is 4. The predicted molar refractivity (Wildman–Crippen MR) is 76.4 cm³/mol. The first-order chi connectivity index (χ1) is 11.8. The summed E-state index contributed by atoms with van der Waals surface area (Å²) >= 11 is 0.